The smallest absolute Gasteiger partial charge is 0.226 e. The number of hydrogen-bond acceptors (Lipinski definition) is 4. The molecule has 0 amide bonds. The average molecular weight is 301 g/mol. The number of halogens is 1. The largest absolute Gasteiger partial charge is 0.333 e. The van der Waals surface area contributed by atoms with Crippen molar-refractivity contribution in [2.24, 2.45) is 7.05 Å². The zero-order valence-corrected chi connectivity index (χ0v) is 12.8. The highest BCUT2D eigenvalue weighted by Crippen LogP contribution is 2.35. The quantitative estimate of drug-likeness (QED) is 0.855. The van der Waals surface area contributed by atoms with E-state index in [9.17, 15) is 4.39 Å². The Labute approximate surface area is 129 Å². The summed E-state index contributed by atoms with van der Waals surface area (Å²) in [6.07, 6.45) is 9.30. The van der Waals surface area contributed by atoms with Gasteiger partial charge in [0.05, 0.1) is 24.1 Å². The van der Waals surface area contributed by atoms with Crippen molar-refractivity contribution in [3.63, 3.8) is 0 Å². The SMILES string of the molecule is Cn1c([C@H]2CCCN2c2ncc(F)cn2)nc2c1CCCC2. The summed E-state index contributed by atoms with van der Waals surface area (Å²) in [5.41, 5.74) is 2.64. The molecule has 1 aliphatic carbocycles. The molecule has 2 aliphatic rings. The van der Waals surface area contributed by atoms with Crippen LogP contribution in [0.25, 0.3) is 0 Å². The van der Waals surface area contributed by atoms with Crippen LogP contribution in [0.1, 0.15) is 48.9 Å². The van der Waals surface area contributed by atoms with Crippen molar-refractivity contribution in [3.05, 3.63) is 35.4 Å². The molecule has 1 fully saturated rings. The predicted molar refractivity (Wildman–Crippen MR) is 81.2 cm³/mol. The number of fused-ring (bicyclic) bond motifs is 1. The Morgan fingerprint density at radius 2 is 1.91 bits per heavy atom. The number of imidazole rings is 1. The Morgan fingerprint density at radius 1 is 1.14 bits per heavy atom. The van der Waals surface area contributed by atoms with E-state index >= 15 is 0 Å². The second-order valence-electron chi connectivity index (χ2n) is 6.18. The van der Waals surface area contributed by atoms with E-state index in [1.165, 1.54) is 36.6 Å². The molecular weight excluding hydrogens is 281 g/mol. The van der Waals surface area contributed by atoms with Gasteiger partial charge in [0.25, 0.3) is 0 Å². The van der Waals surface area contributed by atoms with Crippen LogP contribution in [0, 0.1) is 5.82 Å². The van der Waals surface area contributed by atoms with Crippen molar-refractivity contribution in [1.29, 1.82) is 0 Å². The van der Waals surface area contributed by atoms with E-state index in [-0.39, 0.29) is 6.04 Å². The van der Waals surface area contributed by atoms with Gasteiger partial charge in [-0.2, -0.15) is 0 Å². The fourth-order valence-corrected chi connectivity index (χ4v) is 3.73. The van der Waals surface area contributed by atoms with Gasteiger partial charge in [0.1, 0.15) is 5.82 Å². The minimum Gasteiger partial charge on any atom is -0.333 e. The van der Waals surface area contributed by atoms with Crippen LogP contribution in [0.2, 0.25) is 0 Å². The first-order valence-corrected chi connectivity index (χ1v) is 8.02. The maximum atomic E-state index is 13.1. The van der Waals surface area contributed by atoms with Gasteiger partial charge in [-0.3, -0.25) is 0 Å². The van der Waals surface area contributed by atoms with E-state index in [0.29, 0.717) is 5.95 Å². The maximum Gasteiger partial charge on any atom is 0.226 e. The molecule has 0 unspecified atom stereocenters. The Kier molecular flexibility index (Phi) is 3.32. The molecule has 1 saturated heterocycles. The zero-order valence-electron chi connectivity index (χ0n) is 12.8. The lowest BCUT2D eigenvalue weighted by molar-refractivity contribution is 0.593. The van der Waals surface area contributed by atoms with E-state index in [1.807, 2.05) is 0 Å². The van der Waals surface area contributed by atoms with Gasteiger partial charge in [0, 0.05) is 19.3 Å². The summed E-state index contributed by atoms with van der Waals surface area (Å²) >= 11 is 0. The standard InChI is InChI=1S/C16H20FN5/c1-21-13-6-3-2-5-12(13)20-15(21)14-7-4-8-22(14)16-18-9-11(17)10-19-16/h9-10,14H,2-8H2,1H3/t14-/m1/s1. The Bertz CT molecular complexity index is 679. The number of nitrogens with zero attached hydrogens (tertiary/aromatic N) is 5. The summed E-state index contributed by atoms with van der Waals surface area (Å²) < 4.78 is 15.3. The van der Waals surface area contributed by atoms with Crippen LogP contribution in [-0.4, -0.2) is 26.1 Å². The molecule has 0 N–H and O–H groups in total. The topological polar surface area (TPSA) is 46.8 Å². The van der Waals surface area contributed by atoms with Gasteiger partial charge in [0.15, 0.2) is 5.82 Å². The van der Waals surface area contributed by atoms with Crippen molar-refractivity contribution >= 4 is 5.95 Å². The fourth-order valence-electron chi connectivity index (χ4n) is 3.73. The summed E-state index contributed by atoms with van der Waals surface area (Å²) in [6, 6.07) is 0.195. The number of anilines is 1. The van der Waals surface area contributed by atoms with Crippen LogP contribution in [0.15, 0.2) is 12.4 Å². The number of aromatic nitrogens is 4. The van der Waals surface area contributed by atoms with E-state index in [2.05, 4.69) is 26.5 Å². The lowest BCUT2D eigenvalue weighted by atomic mass is 10.0. The molecule has 2 aromatic heterocycles. The molecule has 6 heteroatoms. The van der Waals surface area contributed by atoms with Gasteiger partial charge >= 0.3 is 0 Å². The minimum atomic E-state index is -0.396. The summed E-state index contributed by atoms with van der Waals surface area (Å²) in [5.74, 6) is 1.31. The van der Waals surface area contributed by atoms with Gasteiger partial charge in [-0.15, -0.1) is 0 Å². The van der Waals surface area contributed by atoms with Crippen molar-refractivity contribution in [1.82, 2.24) is 19.5 Å². The van der Waals surface area contributed by atoms with Crippen molar-refractivity contribution < 1.29 is 4.39 Å². The third-order valence-electron chi connectivity index (χ3n) is 4.82. The van der Waals surface area contributed by atoms with Crippen molar-refractivity contribution in [3.8, 4) is 0 Å². The summed E-state index contributed by atoms with van der Waals surface area (Å²) in [4.78, 5) is 15.4. The second kappa shape index (κ2) is 5.34. The summed E-state index contributed by atoms with van der Waals surface area (Å²) in [5, 5.41) is 0. The molecule has 1 aliphatic heterocycles. The Balaban J connectivity index is 1.69. The highest BCUT2D eigenvalue weighted by molar-refractivity contribution is 5.36. The molecular formula is C16H20FN5. The highest BCUT2D eigenvalue weighted by atomic mass is 19.1. The van der Waals surface area contributed by atoms with Crippen LogP contribution < -0.4 is 4.90 Å². The first kappa shape index (κ1) is 13.7. The van der Waals surface area contributed by atoms with Crippen LogP contribution >= 0.6 is 0 Å². The lowest BCUT2D eigenvalue weighted by Gasteiger charge is -2.24. The second-order valence-corrected chi connectivity index (χ2v) is 6.18. The maximum absolute atomic E-state index is 13.1. The molecule has 0 radical (unpaired) electrons. The molecule has 5 nitrogen and oxygen atoms in total. The van der Waals surface area contributed by atoms with Gasteiger partial charge in [0.2, 0.25) is 5.95 Å². The number of aryl methyl sites for hydroxylation is 1. The predicted octanol–water partition coefficient (Wildman–Crippen LogP) is 2.57. The first-order valence-electron chi connectivity index (χ1n) is 8.02. The van der Waals surface area contributed by atoms with Gasteiger partial charge in [-0.05, 0) is 38.5 Å². The van der Waals surface area contributed by atoms with Crippen LogP contribution in [0.3, 0.4) is 0 Å². The van der Waals surface area contributed by atoms with Crippen LogP contribution in [0.4, 0.5) is 10.3 Å². The normalized spacial score (nSPS) is 21.2. The number of hydrogen-bond donors (Lipinski definition) is 0. The van der Waals surface area contributed by atoms with E-state index in [0.717, 1.165) is 38.1 Å². The van der Waals surface area contributed by atoms with Gasteiger partial charge in [-0.1, -0.05) is 0 Å². The molecule has 4 rings (SSSR count). The van der Waals surface area contributed by atoms with Crippen molar-refractivity contribution in [2.45, 2.75) is 44.6 Å². The highest BCUT2D eigenvalue weighted by Gasteiger charge is 2.32. The number of rotatable bonds is 2. The average Bonchev–Trinajstić information content (AvgIpc) is 3.13. The molecule has 0 spiro atoms. The van der Waals surface area contributed by atoms with E-state index in [4.69, 9.17) is 4.98 Å². The molecule has 1 atom stereocenters. The molecule has 116 valence electrons. The molecule has 0 saturated carbocycles. The third-order valence-corrected chi connectivity index (χ3v) is 4.82. The van der Waals surface area contributed by atoms with E-state index < -0.39 is 5.82 Å². The fraction of sp³-hybridized carbons (Fsp3) is 0.562. The minimum absolute atomic E-state index is 0.195. The molecule has 3 heterocycles. The van der Waals surface area contributed by atoms with Crippen LogP contribution in [0.5, 0.6) is 0 Å². The monoisotopic (exact) mass is 301 g/mol. The Hall–Kier alpha value is -1.98. The van der Waals surface area contributed by atoms with Crippen molar-refractivity contribution in [2.75, 3.05) is 11.4 Å². The van der Waals surface area contributed by atoms with Gasteiger partial charge in [-0.25, -0.2) is 19.3 Å². The summed E-state index contributed by atoms with van der Waals surface area (Å²) in [6.45, 7) is 0.897. The van der Waals surface area contributed by atoms with Crippen LogP contribution in [-0.2, 0) is 19.9 Å². The van der Waals surface area contributed by atoms with E-state index in [1.54, 1.807) is 0 Å². The van der Waals surface area contributed by atoms with Gasteiger partial charge < -0.3 is 9.47 Å². The molecule has 2 aromatic rings. The molecule has 0 bridgehead atoms. The zero-order chi connectivity index (χ0) is 15.1. The lowest BCUT2D eigenvalue weighted by Crippen LogP contribution is -2.26. The molecule has 22 heavy (non-hydrogen) atoms. The summed E-state index contributed by atoms with van der Waals surface area (Å²) in [7, 11) is 2.12. The molecule has 0 aromatic carbocycles. The first-order chi connectivity index (χ1) is 10.7. The third kappa shape index (κ3) is 2.17. The Morgan fingerprint density at radius 3 is 2.68 bits per heavy atom.